The van der Waals surface area contributed by atoms with Crippen LogP contribution in [-0.2, 0) is 29.6 Å². The maximum absolute atomic E-state index is 12.5. The summed E-state index contributed by atoms with van der Waals surface area (Å²) in [7, 11) is 1.95. The van der Waals surface area contributed by atoms with Crippen LogP contribution >= 0.6 is 11.8 Å². The molecule has 1 amide bonds. The molecule has 1 aromatic rings. The quantitative estimate of drug-likeness (QED) is 0.222. The van der Waals surface area contributed by atoms with Gasteiger partial charge in [-0.1, -0.05) is 6.92 Å². The van der Waals surface area contributed by atoms with Gasteiger partial charge in [0.2, 0.25) is 5.91 Å². The van der Waals surface area contributed by atoms with Crippen molar-refractivity contribution in [2.45, 2.75) is 56.7 Å². The molecule has 0 aromatic carbocycles. The standard InChI is InChI=1S/C21H30N4O5S.ClH/c1-11-17-16(12(2)27)20(28)25(17)18(21(29)30)19(11)31-15-7-14(22-8-15)6-13-9-23(3)24(10-13)4-5-26;/h9-12,14-17,22,26-27H,4-8H2,1-3H3;1H/t11-,12-,14-,15+,16-,17-;/m1./s1. The molecule has 6 atom stereocenters. The Morgan fingerprint density at radius 1 is 1.44 bits per heavy atom. The molecular weight excluding hydrogens is 456 g/mol. The van der Waals surface area contributed by atoms with E-state index in [9.17, 15) is 19.8 Å². The van der Waals surface area contributed by atoms with E-state index in [0.29, 0.717) is 6.54 Å². The minimum Gasteiger partial charge on any atom is -1.00 e. The predicted molar refractivity (Wildman–Crippen MR) is 114 cm³/mol. The molecule has 0 unspecified atom stereocenters. The smallest absolute Gasteiger partial charge is 0.353 e. The number of nitrogens with zero attached hydrogens (tertiary/aromatic N) is 3. The molecule has 178 valence electrons. The summed E-state index contributed by atoms with van der Waals surface area (Å²) in [5, 5.41) is 32.7. The Bertz CT molecular complexity index is 920. The lowest BCUT2D eigenvalue weighted by molar-refractivity contribution is -0.753. The van der Waals surface area contributed by atoms with Gasteiger partial charge in [0.15, 0.2) is 13.2 Å². The zero-order chi connectivity index (χ0) is 22.4. The highest BCUT2D eigenvalue weighted by Gasteiger charge is 2.60. The van der Waals surface area contributed by atoms with Crippen molar-refractivity contribution in [1.29, 1.82) is 0 Å². The summed E-state index contributed by atoms with van der Waals surface area (Å²) >= 11 is 1.57. The van der Waals surface area contributed by atoms with Gasteiger partial charge in [-0.15, -0.1) is 16.4 Å². The molecule has 4 N–H and O–H groups in total. The number of hydrogen-bond donors (Lipinski definition) is 4. The minimum absolute atomic E-state index is 0. The predicted octanol–water partition coefficient (Wildman–Crippen LogP) is -3.53. The van der Waals surface area contributed by atoms with E-state index in [4.69, 9.17) is 5.11 Å². The van der Waals surface area contributed by atoms with Gasteiger partial charge in [-0.05, 0) is 19.8 Å². The second kappa shape index (κ2) is 9.72. The van der Waals surface area contributed by atoms with Gasteiger partial charge in [-0.3, -0.25) is 4.79 Å². The number of aryl methyl sites for hydroxylation is 1. The number of β-lactam (4-membered cyclic amide) rings is 1. The van der Waals surface area contributed by atoms with E-state index in [1.54, 1.807) is 18.7 Å². The van der Waals surface area contributed by atoms with E-state index in [0.717, 1.165) is 24.3 Å². The number of aliphatic hydroxyl groups excluding tert-OH is 2. The topological polar surface area (TPSA) is 119 Å². The first-order chi connectivity index (χ1) is 14.7. The Labute approximate surface area is 197 Å². The number of fused-ring (bicyclic) bond motifs is 1. The second-order valence-electron chi connectivity index (χ2n) is 8.85. The highest BCUT2D eigenvalue weighted by molar-refractivity contribution is 8.03. The van der Waals surface area contributed by atoms with E-state index in [-0.39, 0.29) is 53.9 Å². The number of halogens is 1. The van der Waals surface area contributed by atoms with Crippen LogP contribution in [0.15, 0.2) is 23.0 Å². The Morgan fingerprint density at radius 2 is 2.16 bits per heavy atom. The molecule has 0 bridgehead atoms. The number of rotatable bonds is 8. The van der Waals surface area contributed by atoms with Crippen molar-refractivity contribution >= 4 is 23.6 Å². The van der Waals surface area contributed by atoms with E-state index in [1.165, 1.54) is 10.5 Å². The van der Waals surface area contributed by atoms with Crippen molar-refractivity contribution in [2.24, 2.45) is 18.9 Å². The number of carbonyl (C=O) groups is 2. The van der Waals surface area contributed by atoms with Crippen molar-refractivity contribution in [3.8, 4) is 0 Å². The molecule has 9 nitrogen and oxygen atoms in total. The number of nitrogens with one attached hydrogen (secondary N) is 1. The molecule has 3 aliphatic heterocycles. The fourth-order valence-corrected chi connectivity index (χ4v) is 6.75. The summed E-state index contributed by atoms with van der Waals surface area (Å²) in [6.45, 7) is 4.98. The van der Waals surface area contributed by atoms with Gasteiger partial charge < -0.3 is 37.9 Å². The highest BCUT2D eigenvalue weighted by Crippen LogP contribution is 2.51. The van der Waals surface area contributed by atoms with Crippen molar-refractivity contribution in [3.63, 3.8) is 0 Å². The number of carbonyl (C=O) groups excluding carboxylic acids is 1. The number of carboxylic acid groups (broad SMARTS) is 1. The Hall–Kier alpha value is -1.59. The molecule has 2 saturated heterocycles. The molecule has 11 heteroatoms. The van der Waals surface area contributed by atoms with Gasteiger partial charge in [0.25, 0.3) is 0 Å². The molecule has 4 heterocycles. The van der Waals surface area contributed by atoms with Crippen LogP contribution in [0.3, 0.4) is 0 Å². The first kappa shape index (κ1) is 25.0. The van der Waals surface area contributed by atoms with Gasteiger partial charge >= 0.3 is 5.97 Å². The summed E-state index contributed by atoms with van der Waals surface area (Å²) in [4.78, 5) is 26.6. The van der Waals surface area contributed by atoms with Crippen molar-refractivity contribution < 1.29 is 42.0 Å². The average molecular weight is 487 g/mol. The van der Waals surface area contributed by atoms with Gasteiger partial charge in [-0.2, -0.15) is 4.68 Å². The number of carboxylic acids is 1. The Balaban J connectivity index is 0.00000289. The van der Waals surface area contributed by atoms with Crippen molar-refractivity contribution in [1.82, 2.24) is 14.9 Å². The molecule has 3 aliphatic rings. The van der Waals surface area contributed by atoms with E-state index >= 15 is 0 Å². The van der Waals surface area contributed by atoms with E-state index < -0.39 is 18.0 Å². The minimum atomic E-state index is -1.07. The SMILES string of the molecule is C[C@@H](O)[C@H]1C(=O)N2C(C(=O)O)=C(S[C@@H]3CN[C@H](Cc4cn(CCO)[n+](C)c4)C3)[C@H](C)[C@H]12.[Cl-]. The lowest BCUT2D eigenvalue weighted by Gasteiger charge is -2.46. The Kier molecular flexibility index (Phi) is 7.61. The fraction of sp³-hybridized carbons (Fsp3) is 0.667. The highest BCUT2D eigenvalue weighted by atomic mass is 35.5. The van der Waals surface area contributed by atoms with Gasteiger partial charge in [0.05, 0.1) is 30.9 Å². The number of amides is 1. The monoisotopic (exact) mass is 486 g/mol. The Morgan fingerprint density at radius 3 is 2.78 bits per heavy atom. The first-order valence-corrected chi connectivity index (χ1v) is 11.6. The average Bonchev–Trinajstić information content (AvgIpc) is 3.33. The largest absolute Gasteiger partial charge is 1.00 e. The lowest BCUT2D eigenvalue weighted by atomic mass is 9.79. The third kappa shape index (κ3) is 4.31. The van der Waals surface area contributed by atoms with Crippen molar-refractivity contribution in [3.05, 3.63) is 28.6 Å². The van der Waals surface area contributed by atoms with Crippen molar-refractivity contribution in [2.75, 3.05) is 13.2 Å². The third-order valence-electron chi connectivity index (χ3n) is 6.67. The molecule has 1 aromatic heterocycles. The number of aromatic nitrogens is 2. The molecule has 0 radical (unpaired) electrons. The molecule has 0 aliphatic carbocycles. The molecular formula is C21H31ClN4O5S. The van der Waals surface area contributed by atoms with Crippen LogP contribution < -0.4 is 22.4 Å². The molecule has 0 saturated carbocycles. The molecule has 0 spiro atoms. The molecule has 2 fully saturated rings. The first-order valence-electron chi connectivity index (χ1n) is 10.8. The summed E-state index contributed by atoms with van der Waals surface area (Å²) in [5.41, 5.74) is 1.29. The third-order valence-corrected chi connectivity index (χ3v) is 8.18. The second-order valence-corrected chi connectivity index (χ2v) is 10.2. The zero-order valence-electron chi connectivity index (χ0n) is 18.4. The van der Waals surface area contributed by atoms with E-state index in [2.05, 4.69) is 17.7 Å². The van der Waals surface area contributed by atoms with Gasteiger partial charge in [0, 0.05) is 34.2 Å². The maximum atomic E-state index is 12.5. The van der Waals surface area contributed by atoms with Crippen LogP contribution in [0.25, 0.3) is 0 Å². The van der Waals surface area contributed by atoms with Crippen LogP contribution in [0.5, 0.6) is 0 Å². The van der Waals surface area contributed by atoms with Crippen LogP contribution in [-0.4, -0.2) is 73.4 Å². The summed E-state index contributed by atoms with van der Waals surface area (Å²) < 4.78 is 3.94. The van der Waals surface area contributed by atoms with Crippen LogP contribution in [0, 0.1) is 11.8 Å². The van der Waals surface area contributed by atoms with Crippen LogP contribution in [0.1, 0.15) is 25.8 Å². The normalized spacial score (nSPS) is 30.2. The zero-order valence-corrected chi connectivity index (χ0v) is 20.0. The van der Waals surface area contributed by atoms with Gasteiger partial charge in [0.1, 0.15) is 12.2 Å². The van der Waals surface area contributed by atoms with Crippen LogP contribution in [0.2, 0.25) is 0 Å². The summed E-state index contributed by atoms with van der Waals surface area (Å²) in [6, 6.07) is 0.0227. The van der Waals surface area contributed by atoms with Gasteiger partial charge in [-0.25, -0.2) is 4.79 Å². The summed E-state index contributed by atoms with van der Waals surface area (Å²) in [6.07, 6.45) is 5.10. The number of thioether (sulfide) groups is 1. The fourth-order valence-electron chi connectivity index (χ4n) is 5.23. The van der Waals surface area contributed by atoms with E-state index in [1.807, 2.05) is 23.3 Å². The summed E-state index contributed by atoms with van der Waals surface area (Å²) in [5.74, 6) is -1.99. The van der Waals surface area contributed by atoms with Crippen LogP contribution in [0.4, 0.5) is 0 Å². The lowest BCUT2D eigenvalue weighted by Crippen LogP contribution is -3.00. The maximum Gasteiger partial charge on any atom is 0.353 e. The number of aliphatic hydroxyl groups is 2. The number of aliphatic carboxylic acids is 1. The number of hydrogen-bond acceptors (Lipinski definition) is 6. The molecule has 32 heavy (non-hydrogen) atoms. The molecule has 4 rings (SSSR count).